The zero-order valence-electron chi connectivity index (χ0n) is 11.0. The lowest BCUT2D eigenvalue weighted by molar-refractivity contribution is -0.125. The molecule has 1 saturated heterocycles. The molecule has 1 unspecified atom stereocenters. The summed E-state index contributed by atoms with van der Waals surface area (Å²) in [5, 5.41) is 0. The van der Waals surface area contributed by atoms with Crippen LogP contribution in [0.25, 0.3) is 0 Å². The van der Waals surface area contributed by atoms with E-state index in [1.807, 2.05) is 0 Å². The second-order valence-corrected chi connectivity index (χ2v) is 5.71. The summed E-state index contributed by atoms with van der Waals surface area (Å²) in [4.78, 5) is 11.8. The van der Waals surface area contributed by atoms with Crippen LogP contribution in [0.4, 0.5) is 0 Å². The van der Waals surface area contributed by atoms with Crippen LogP contribution in [0.2, 0.25) is 0 Å². The van der Waals surface area contributed by atoms with Crippen LogP contribution in [0.3, 0.4) is 0 Å². The zero-order chi connectivity index (χ0) is 11.9. The summed E-state index contributed by atoms with van der Waals surface area (Å²) >= 11 is 0. The van der Waals surface area contributed by atoms with Crippen LogP contribution in [0.15, 0.2) is 0 Å². The third-order valence-electron chi connectivity index (χ3n) is 4.29. The molecule has 2 heteroatoms. The second kappa shape index (κ2) is 7.15. The Labute approximate surface area is 105 Å². The molecule has 1 aliphatic carbocycles. The maximum absolute atomic E-state index is 11.8. The van der Waals surface area contributed by atoms with Crippen molar-refractivity contribution in [3.8, 4) is 0 Å². The highest BCUT2D eigenvalue weighted by Crippen LogP contribution is 2.29. The van der Waals surface area contributed by atoms with Gasteiger partial charge < -0.3 is 4.74 Å². The Kier molecular flexibility index (Phi) is 5.50. The van der Waals surface area contributed by atoms with Crippen molar-refractivity contribution in [2.75, 3.05) is 6.61 Å². The van der Waals surface area contributed by atoms with Crippen LogP contribution in [0.1, 0.15) is 70.6 Å². The Hall–Kier alpha value is -0.370. The molecule has 0 radical (unpaired) electrons. The first-order valence-corrected chi connectivity index (χ1v) is 7.49. The molecule has 1 atom stereocenters. The molecule has 0 amide bonds. The summed E-state index contributed by atoms with van der Waals surface area (Å²) in [5.74, 6) is 1.08. The Morgan fingerprint density at radius 3 is 2.35 bits per heavy atom. The monoisotopic (exact) mass is 238 g/mol. The normalized spacial score (nSPS) is 30.1. The van der Waals surface area contributed by atoms with Crippen molar-refractivity contribution in [2.24, 2.45) is 5.92 Å². The van der Waals surface area contributed by atoms with E-state index in [1.54, 1.807) is 0 Å². The summed E-state index contributed by atoms with van der Waals surface area (Å²) in [5.41, 5.74) is 0. The molecular formula is C15H26O2. The van der Waals surface area contributed by atoms with Crippen molar-refractivity contribution in [1.82, 2.24) is 0 Å². The first kappa shape index (κ1) is 13.1. The third-order valence-corrected chi connectivity index (χ3v) is 4.29. The zero-order valence-corrected chi connectivity index (χ0v) is 11.0. The highest BCUT2D eigenvalue weighted by Gasteiger charge is 2.26. The molecule has 0 aromatic carbocycles. The van der Waals surface area contributed by atoms with Gasteiger partial charge in [0.2, 0.25) is 0 Å². The van der Waals surface area contributed by atoms with E-state index >= 15 is 0 Å². The van der Waals surface area contributed by atoms with Gasteiger partial charge in [0.25, 0.3) is 0 Å². The molecule has 98 valence electrons. The molecule has 0 spiro atoms. The van der Waals surface area contributed by atoms with Crippen LogP contribution in [0.5, 0.6) is 0 Å². The van der Waals surface area contributed by atoms with Crippen molar-refractivity contribution in [1.29, 1.82) is 0 Å². The van der Waals surface area contributed by atoms with Gasteiger partial charge in [0, 0.05) is 19.4 Å². The minimum absolute atomic E-state index is 0.237. The Balaban J connectivity index is 1.89. The number of ketones is 1. The van der Waals surface area contributed by atoms with Crippen LogP contribution in [0, 0.1) is 5.92 Å². The Bertz CT molecular complexity index is 229. The van der Waals surface area contributed by atoms with Gasteiger partial charge in [-0.2, -0.15) is 0 Å². The number of carbonyl (C=O) groups is 1. The second-order valence-electron chi connectivity index (χ2n) is 5.71. The van der Waals surface area contributed by atoms with Crippen LogP contribution in [-0.4, -0.2) is 18.5 Å². The van der Waals surface area contributed by atoms with Gasteiger partial charge in [0.05, 0.1) is 6.10 Å². The van der Waals surface area contributed by atoms with Gasteiger partial charge >= 0.3 is 0 Å². The number of rotatable bonds is 1. The fraction of sp³-hybridized carbons (Fsp3) is 0.933. The highest BCUT2D eigenvalue weighted by molar-refractivity contribution is 5.78. The summed E-state index contributed by atoms with van der Waals surface area (Å²) in [6.45, 7) is 0.869. The fourth-order valence-electron chi connectivity index (χ4n) is 3.21. The topological polar surface area (TPSA) is 26.3 Å². The Morgan fingerprint density at radius 2 is 1.59 bits per heavy atom. The summed E-state index contributed by atoms with van der Waals surface area (Å²) < 4.78 is 5.97. The third kappa shape index (κ3) is 4.42. The van der Waals surface area contributed by atoms with E-state index in [0.717, 1.165) is 25.9 Å². The minimum Gasteiger partial charge on any atom is -0.377 e. The van der Waals surface area contributed by atoms with Crippen molar-refractivity contribution >= 4 is 5.78 Å². The molecular weight excluding hydrogens is 212 g/mol. The number of ether oxygens (including phenoxy) is 1. The standard InChI is InChI=1S/C15H26O2/c16-14-10-6-7-11-17-15(12-14)13-8-4-2-1-3-5-9-13/h13,15H,1-12H2. The van der Waals surface area contributed by atoms with Gasteiger partial charge in [0.15, 0.2) is 0 Å². The predicted octanol–water partition coefficient (Wildman–Crippen LogP) is 3.88. The van der Waals surface area contributed by atoms with Crippen LogP contribution in [-0.2, 0) is 9.53 Å². The SMILES string of the molecule is O=C1CCCCOC(C2CCCCCCC2)C1. The lowest BCUT2D eigenvalue weighted by Gasteiger charge is -2.29. The lowest BCUT2D eigenvalue weighted by Crippen LogP contribution is -2.29. The summed E-state index contributed by atoms with van der Waals surface area (Å²) in [6, 6.07) is 0. The first-order valence-electron chi connectivity index (χ1n) is 7.49. The average Bonchev–Trinajstić information content (AvgIpc) is 2.23. The molecule has 2 fully saturated rings. The fourth-order valence-corrected chi connectivity index (χ4v) is 3.21. The largest absolute Gasteiger partial charge is 0.377 e. The number of carbonyl (C=O) groups excluding carboxylic acids is 1. The number of hydrogen-bond donors (Lipinski definition) is 0. The van der Waals surface area contributed by atoms with E-state index in [-0.39, 0.29) is 6.10 Å². The van der Waals surface area contributed by atoms with Gasteiger partial charge in [-0.05, 0) is 31.6 Å². The van der Waals surface area contributed by atoms with Crippen molar-refractivity contribution in [3.05, 3.63) is 0 Å². The van der Waals surface area contributed by atoms with E-state index in [0.29, 0.717) is 18.1 Å². The summed E-state index contributed by atoms with van der Waals surface area (Å²) in [6.07, 6.45) is 13.2. The van der Waals surface area contributed by atoms with Gasteiger partial charge in [0.1, 0.15) is 5.78 Å². The predicted molar refractivity (Wildman–Crippen MR) is 69.0 cm³/mol. The Morgan fingerprint density at radius 1 is 0.882 bits per heavy atom. The van der Waals surface area contributed by atoms with E-state index in [4.69, 9.17) is 4.74 Å². The molecule has 1 heterocycles. The highest BCUT2D eigenvalue weighted by atomic mass is 16.5. The number of Topliss-reactive ketones (excluding diaryl/α,β-unsaturated/α-hetero) is 1. The maximum atomic E-state index is 11.8. The summed E-state index contributed by atoms with van der Waals surface area (Å²) in [7, 11) is 0. The van der Waals surface area contributed by atoms with E-state index < -0.39 is 0 Å². The van der Waals surface area contributed by atoms with Crippen molar-refractivity contribution < 1.29 is 9.53 Å². The molecule has 1 saturated carbocycles. The molecule has 0 bridgehead atoms. The molecule has 17 heavy (non-hydrogen) atoms. The van der Waals surface area contributed by atoms with Gasteiger partial charge in [-0.3, -0.25) is 4.79 Å². The average molecular weight is 238 g/mol. The van der Waals surface area contributed by atoms with Crippen molar-refractivity contribution in [2.45, 2.75) is 76.7 Å². The van der Waals surface area contributed by atoms with Crippen LogP contribution < -0.4 is 0 Å². The molecule has 1 aliphatic heterocycles. The quantitative estimate of drug-likeness (QED) is 0.693. The lowest BCUT2D eigenvalue weighted by atomic mass is 9.84. The smallest absolute Gasteiger partial charge is 0.135 e. The molecule has 0 aromatic heterocycles. The molecule has 2 nitrogen and oxygen atoms in total. The first-order chi connectivity index (χ1) is 8.36. The van der Waals surface area contributed by atoms with E-state index in [9.17, 15) is 4.79 Å². The molecule has 0 aromatic rings. The van der Waals surface area contributed by atoms with Crippen molar-refractivity contribution in [3.63, 3.8) is 0 Å². The maximum Gasteiger partial charge on any atom is 0.135 e. The van der Waals surface area contributed by atoms with Gasteiger partial charge in [-0.15, -0.1) is 0 Å². The number of hydrogen-bond acceptors (Lipinski definition) is 2. The van der Waals surface area contributed by atoms with E-state index in [2.05, 4.69) is 0 Å². The van der Waals surface area contributed by atoms with Crippen LogP contribution >= 0.6 is 0 Å². The minimum atomic E-state index is 0.237. The van der Waals surface area contributed by atoms with Gasteiger partial charge in [-0.25, -0.2) is 0 Å². The molecule has 2 rings (SSSR count). The molecule has 0 N–H and O–H groups in total. The van der Waals surface area contributed by atoms with Gasteiger partial charge in [-0.1, -0.05) is 32.1 Å². The van der Waals surface area contributed by atoms with E-state index in [1.165, 1.54) is 44.9 Å². The molecule has 2 aliphatic rings.